The molecule has 0 bridgehead atoms. The van der Waals surface area contributed by atoms with Crippen molar-refractivity contribution in [2.75, 3.05) is 13.1 Å². The summed E-state index contributed by atoms with van der Waals surface area (Å²) < 4.78 is 42.9. The van der Waals surface area contributed by atoms with E-state index in [2.05, 4.69) is 9.97 Å². The molecule has 3 heterocycles. The van der Waals surface area contributed by atoms with Crippen LogP contribution >= 0.6 is 11.3 Å². The molecule has 0 aliphatic carbocycles. The average Bonchev–Trinajstić information content (AvgIpc) is 3.55. The van der Waals surface area contributed by atoms with Crippen molar-refractivity contribution in [2.45, 2.75) is 38.6 Å². The number of halogens is 3. The van der Waals surface area contributed by atoms with Crippen LogP contribution in [0.4, 0.5) is 13.2 Å². The lowest BCUT2D eigenvalue weighted by molar-refractivity contribution is 0.0784. The number of thiazole rings is 1. The van der Waals surface area contributed by atoms with Gasteiger partial charge in [0, 0.05) is 36.1 Å². The quantitative estimate of drug-likeness (QED) is 0.344. The molecule has 4 aromatic rings. The van der Waals surface area contributed by atoms with Crippen LogP contribution < -0.4 is 5.56 Å². The predicted octanol–water partition coefficient (Wildman–Crippen LogP) is 5.43. The smallest absolute Gasteiger partial charge is 0.271 e. The molecule has 1 saturated heterocycles. The van der Waals surface area contributed by atoms with E-state index < -0.39 is 40.6 Å². The minimum absolute atomic E-state index is 0.00530. The summed E-state index contributed by atoms with van der Waals surface area (Å²) in [6, 6.07) is 8.13. The van der Waals surface area contributed by atoms with Crippen LogP contribution in [-0.2, 0) is 0 Å². The van der Waals surface area contributed by atoms with Crippen molar-refractivity contribution in [2.24, 2.45) is 0 Å². The molecular formula is C28H25F3N4O3S. The zero-order valence-corrected chi connectivity index (χ0v) is 22.0. The van der Waals surface area contributed by atoms with Crippen LogP contribution in [0, 0.1) is 24.4 Å². The second-order valence-electron chi connectivity index (χ2n) is 9.52. The van der Waals surface area contributed by atoms with Crippen molar-refractivity contribution in [3.05, 3.63) is 98.0 Å². The Morgan fingerprint density at radius 2 is 1.79 bits per heavy atom. The molecule has 0 radical (unpaired) electrons. The number of aromatic nitrogens is 3. The van der Waals surface area contributed by atoms with Crippen molar-refractivity contribution in [3.8, 4) is 16.7 Å². The number of aromatic hydroxyl groups is 1. The van der Waals surface area contributed by atoms with E-state index >= 15 is 0 Å². The monoisotopic (exact) mass is 554 g/mol. The van der Waals surface area contributed by atoms with Crippen LogP contribution in [0.1, 0.15) is 58.9 Å². The number of aryl methyl sites for hydroxylation is 1. The number of rotatable bonds is 6. The van der Waals surface area contributed by atoms with E-state index in [0.29, 0.717) is 23.7 Å². The molecular weight excluding hydrogens is 529 g/mol. The van der Waals surface area contributed by atoms with Gasteiger partial charge in [-0.05, 0) is 55.2 Å². The van der Waals surface area contributed by atoms with Crippen molar-refractivity contribution < 1.29 is 23.1 Å². The van der Waals surface area contributed by atoms with E-state index in [1.54, 1.807) is 31.4 Å². The summed E-state index contributed by atoms with van der Waals surface area (Å²) in [6.45, 7) is 4.08. The minimum Gasteiger partial charge on any atom is -0.493 e. The lowest BCUT2D eigenvalue weighted by Crippen LogP contribution is -2.38. The Morgan fingerprint density at radius 3 is 2.41 bits per heavy atom. The van der Waals surface area contributed by atoms with Gasteiger partial charge in [0.15, 0.2) is 16.4 Å². The molecule has 11 heteroatoms. The number of hydrogen-bond acceptors (Lipinski definition) is 6. The molecule has 2 aromatic carbocycles. The second-order valence-corrected chi connectivity index (χ2v) is 10.4. The van der Waals surface area contributed by atoms with E-state index in [1.165, 1.54) is 32.9 Å². The lowest BCUT2D eigenvalue weighted by Gasteiger charge is -2.24. The normalized spacial score (nSPS) is 16.0. The molecule has 0 spiro atoms. The first-order chi connectivity index (χ1) is 18.7. The molecule has 2 aromatic heterocycles. The summed E-state index contributed by atoms with van der Waals surface area (Å²) in [5.41, 5.74) is 0.332. The summed E-state index contributed by atoms with van der Waals surface area (Å²) in [7, 11) is 0. The molecule has 1 fully saturated rings. The molecule has 1 N–H and O–H groups in total. The van der Waals surface area contributed by atoms with E-state index in [-0.39, 0.29) is 36.1 Å². The van der Waals surface area contributed by atoms with Crippen LogP contribution in [0.5, 0.6) is 5.88 Å². The van der Waals surface area contributed by atoms with Gasteiger partial charge in [0.25, 0.3) is 11.5 Å². The fraction of sp³-hybridized carbons (Fsp3) is 0.286. The highest BCUT2D eigenvalue weighted by atomic mass is 32.1. The average molecular weight is 555 g/mol. The third kappa shape index (κ3) is 5.18. The third-order valence-corrected chi connectivity index (χ3v) is 7.86. The van der Waals surface area contributed by atoms with Crippen molar-refractivity contribution in [3.63, 3.8) is 0 Å². The molecule has 0 saturated carbocycles. The van der Waals surface area contributed by atoms with Gasteiger partial charge in [0.05, 0.1) is 6.04 Å². The van der Waals surface area contributed by atoms with Crippen LogP contribution in [0.15, 0.2) is 52.6 Å². The number of carbonyl (C=O) groups excluding carboxylic acids is 1. The number of hydrogen-bond donors (Lipinski definition) is 1. The predicted molar refractivity (Wildman–Crippen MR) is 140 cm³/mol. The Kier molecular flexibility index (Phi) is 7.26. The van der Waals surface area contributed by atoms with E-state index in [0.717, 1.165) is 23.8 Å². The summed E-state index contributed by atoms with van der Waals surface area (Å²) in [4.78, 5) is 37.6. The van der Waals surface area contributed by atoms with Crippen molar-refractivity contribution in [1.82, 2.24) is 19.4 Å². The van der Waals surface area contributed by atoms with Gasteiger partial charge >= 0.3 is 0 Å². The third-order valence-electron chi connectivity index (χ3n) is 6.91. The van der Waals surface area contributed by atoms with Gasteiger partial charge in [-0.2, -0.15) is 4.98 Å². The van der Waals surface area contributed by atoms with Crippen LogP contribution in [-0.4, -0.2) is 43.5 Å². The standard InChI is InChI=1S/C28H25F3N4O3S/c1-3-22(18-10-20(30)12-21(31)11-18)35-24(26-32-15(2)14-39-26)33-25(36)23(28(35)38)27(37)34-9-8-17(13-34)16-4-6-19(29)7-5-16/h4-7,10-12,14,17,22,36H,3,8-9,13H2,1-2H3. The number of carbonyl (C=O) groups is 1. The van der Waals surface area contributed by atoms with Crippen LogP contribution in [0.3, 0.4) is 0 Å². The Hall–Kier alpha value is -3.99. The van der Waals surface area contributed by atoms with Gasteiger partial charge in [0.1, 0.15) is 17.5 Å². The van der Waals surface area contributed by atoms with Gasteiger partial charge in [0.2, 0.25) is 5.88 Å². The van der Waals surface area contributed by atoms with Crippen molar-refractivity contribution in [1.29, 1.82) is 0 Å². The van der Waals surface area contributed by atoms with Crippen LogP contribution in [0.2, 0.25) is 0 Å². The molecule has 1 aliphatic heterocycles. The van der Waals surface area contributed by atoms with Crippen LogP contribution in [0.25, 0.3) is 10.8 Å². The first kappa shape index (κ1) is 26.6. The fourth-order valence-corrected chi connectivity index (χ4v) is 5.83. The summed E-state index contributed by atoms with van der Waals surface area (Å²) in [5, 5.41) is 12.9. The first-order valence-electron chi connectivity index (χ1n) is 12.4. The molecule has 2 atom stereocenters. The topological polar surface area (TPSA) is 88.3 Å². The second kappa shape index (κ2) is 10.6. The van der Waals surface area contributed by atoms with E-state index in [9.17, 15) is 27.9 Å². The van der Waals surface area contributed by atoms with Gasteiger partial charge in [-0.25, -0.2) is 18.2 Å². The van der Waals surface area contributed by atoms with Crippen molar-refractivity contribution >= 4 is 17.2 Å². The number of nitrogens with zero attached hydrogens (tertiary/aromatic N) is 4. The number of likely N-dealkylation sites (tertiary alicyclic amines) is 1. The summed E-state index contributed by atoms with van der Waals surface area (Å²) >= 11 is 1.19. The molecule has 39 heavy (non-hydrogen) atoms. The van der Waals surface area contributed by atoms with Gasteiger partial charge in [-0.15, -0.1) is 11.3 Å². The summed E-state index contributed by atoms with van der Waals surface area (Å²) in [5.74, 6) is -3.50. The molecule has 7 nitrogen and oxygen atoms in total. The first-order valence-corrected chi connectivity index (χ1v) is 13.3. The van der Waals surface area contributed by atoms with E-state index in [4.69, 9.17) is 0 Å². The number of amides is 1. The maximum absolute atomic E-state index is 14.2. The Labute approximate surface area is 226 Å². The summed E-state index contributed by atoms with van der Waals surface area (Å²) in [6.07, 6.45) is 0.826. The largest absolute Gasteiger partial charge is 0.493 e. The molecule has 1 aliphatic rings. The van der Waals surface area contributed by atoms with Gasteiger partial charge in [-0.3, -0.25) is 14.2 Å². The Balaban J connectivity index is 1.60. The number of benzene rings is 2. The zero-order valence-electron chi connectivity index (χ0n) is 21.2. The van der Waals surface area contributed by atoms with Gasteiger partial charge in [-0.1, -0.05) is 19.1 Å². The van der Waals surface area contributed by atoms with E-state index in [1.807, 2.05) is 0 Å². The maximum atomic E-state index is 14.2. The Bertz CT molecular complexity index is 1580. The molecule has 1 amide bonds. The molecule has 2 unspecified atom stereocenters. The lowest BCUT2D eigenvalue weighted by atomic mass is 9.99. The Morgan fingerprint density at radius 1 is 1.10 bits per heavy atom. The fourth-order valence-electron chi connectivity index (χ4n) is 5.05. The van der Waals surface area contributed by atoms with Gasteiger partial charge < -0.3 is 10.0 Å². The zero-order chi connectivity index (χ0) is 27.8. The highest BCUT2D eigenvalue weighted by molar-refractivity contribution is 7.13. The SMILES string of the molecule is CCC(c1cc(F)cc(F)c1)n1c(-c2nc(C)cs2)nc(O)c(C(=O)N2CCC(c3ccc(F)cc3)C2)c1=O. The highest BCUT2D eigenvalue weighted by Crippen LogP contribution is 2.33. The highest BCUT2D eigenvalue weighted by Gasteiger charge is 2.34. The molecule has 5 rings (SSSR count). The molecule has 202 valence electrons. The maximum Gasteiger partial charge on any atom is 0.271 e. The minimum atomic E-state index is -0.896.